The number of nitrogens with zero attached hydrogens (tertiary/aromatic N) is 1. The molecule has 2 nitrogen and oxygen atoms in total. The van der Waals surface area contributed by atoms with Crippen LogP contribution in [-0.2, 0) is 0 Å². The van der Waals surface area contributed by atoms with Crippen molar-refractivity contribution in [1.82, 2.24) is 10.2 Å². The predicted octanol–water partition coefficient (Wildman–Crippen LogP) is 1.33. The molecule has 0 aliphatic rings. The van der Waals surface area contributed by atoms with E-state index in [2.05, 4.69) is 37.2 Å². The molecular weight excluding hydrogens is 160 g/mol. The van der Waals surface area contributed by atoms with Gasteiger partial charge in [0.1, 0.15) is 0 Å². The molecule has 0 saturated heterocycles. The lowest BCUT2D eigenvalue weighted by atomic mass is 10.1. The van der Waals surface area contributed by atoms with Gasteiger partial charge in [-0.2, -0.15) is 0 Å². The molecule has 0 aromatic rings. The van der Waals surface area contributed by atoms with E-state index in [1.165, 1.54) is 6.42 Å². The van der Waals surface area contributed by atoms with Crippen LogP contribution >= 0.6 is 0 Å². The second kappa shape index (κ2) is 8.10. The molecule has 0 spiro atoms. The summed E-state index contributed by atoms with van der Waals surface area (Å²) in [5.74, 6) is 2.69. The molecule has 1 unspecified atom stereocenters. The van der Waals surface area contributed by atoms with E-state index in [4.69, 9.17) is 6.42 Å². The van der Waals surface area contributed by atoms with Gasteiger partial charge in [-0.05, 0) is 40.0 Å². The highest BCUT2D eigenvalue weighted by Gasteiger charge is 2.05. The predicted molar refractivity (Wildman–Crippen MR) is 58.7 cm³/mol. The lowest BCUT2D eigenvalue weighted by Gasteiger charge is -2.19. The fourth-order valence-corrected chi connectivity index (χ4v) is 1.31. The van der Waals surface area contributed by atoms with E-state index in [9.17, 15) is 0 Å². The summed E-state index contributed by atoms with van der Waals surface area (Å²) in [5, 5.41) is 3.45. The van der Waals surface area contributed by atoms with Gasteiger partial charge in [0, 0.05) is 12.5 Å². The highest BCUT2D eigenvalue weighted by atomic mass is 15.1. The van der Waals surface area contributed by atoms with Crippen LogP contribution in [0.4, 0.5) is 0 Å². The molecule has 76 valence electrons. The first-order valence-electron chi connectivity index (χ1n) is 5.02. The van der Waals surface area contributed by atoms with Gasteiger partial charge in [0.25, 0.3) is 0 Å². The quantitative estimate of drug-likeness (QED) is 0.598. The van der Waals surface area contributed by atoms with Gasteiger partial charge >= 0.3 is 0 Å². The minimum atomic E-state index is 0.587. The van der Waals surface area contributed by atoms with Gasteiger partial charge in [-0.15, -0.1) is 12.3 Å². The maximum absolute atomic E-state index is 5.24. The number of terminal acetylenes is 1. The van der Waals surface area contributed by atoms with Crippen LogP contribution in [0, 0.1) is 12.3 Å². The summed E-state index contributed by atoms with van der Waals surface area (Å²) in [5.41, 5.74) is 0. The average molecular weight is 182 g/mol. The minimum Gasteiger partial charge on any atom is -0.314 e. The summed E-state index contributed by atoms with van der Waals surface area (Å²) in [7, 11) is 4.20. The van der Waals surface area contributed by atoms with Crippen LogP contribution < -0.4 is 5.32 Å². The third-order valence-corrected chi connectivity index (χ3v) is 2.05. The average Bonchev–Trinajstić information content (AvgIpc) is 2.09. The molecule has 0 aromatic heterocycles. The molecule has 0 heterocycles. The first-order chi connectivity index (χ1) is 6.20. The van der Waals surface area contributed by atoms with Crippen LogP contribution in [0.2, 0.25) is 0 Å². The fraction of sp³-hybridized carbons (Fsp3) is 0.818. The smallest absolute Gasteiger partial charge is 0.0101 e. The summed E-state index contributed by atoms with van der Waals surface area (Å²) in [6.07, 6.45) is 8.40. The van der Waals surface area contributed by atoms with E-state index < -0.39 is 0 Å². The van der Waals surface area contributed by atoms with Crippen LogP contribution in [0.15, 0.2) is 0 Å². The Bertz CT molecular complexity index is 147. The number of nitrogens with one attached hydrogen (secondary N) is 1. The Labute approximate surface area is 82.7 Å². The van der Waals surface area contributed by atoms with Gasteiger partial charge in [-0.3, -0.25) is 0 Å². The zero-order chi connectivity index (χ0) is 10.1. The molecule has 0 radical (unpaired) electrons. The maximum Gasteiger partial charge on any atom is 0.0101 e. The SMILES string of the molecule is C#CCCC(CCN(C)C)NCC. The molecule has 13 heavy (non-hydrogen) atoms. The zero-order valence-corrected chi connectivity index (χ0v) is 9.14. The Morgan fingerprint density at radius 3 is 2.54 bits per heavy atom. The van der Waals surface area contributed by atoms with Crippen LogP contribution in [-0.4, -0.2) is 38.1 Å². The molecule has 0 aliphatic carbocycles. The summed E-state index contributed by atoms with van der Waals surface area (Å²) < 4.78 is 0. The van der Waals surface area contributed by atoms with Crippen molar-refractivity contribution in [3.63, 3.8) is 0 Å². The third kappa shape index (κ3) is 7.83. The Kier molecular flexibility index (Phi) is 7.77. The second-order valence-corrected chi connectivity index (χ2v) is 3.59. The zero-order valence-electron chi connectivity index (χ0n) is 9.14. The van der Waals surface area contributed by atoms with Crippen LogP contribution in [0.1, 0.15) is 26.2 Å². The largest absolute Gasteiger partial charge is 0.314 e. The van der Waals surface area contributed by atoms with E-state index in [1.54, 1.807) is 0 Å². The summed E-state index contributed by atoms with van der Waals surface area (Å²) in [6.45, 7) is 4.30. The van der Waals surface area contributed by atoms with Gasteiger partial charge in [0.15, 0.2) is 0 Å². The molecule has 0 rings (SSSR count). The van der Waals surface area contributed by atoms with Crippen LogP contribution in [0.3, 0.4) is 0 Å². The van der Waals surface area contributed by atoms with E-state index in [0.29, 0.717) is 6.04 Å². The van der Waals surface area contributed by atoms with E-state index >= 15 is 0 Å². The van der Waals surface area contributed by atoms with Crippen molar-refractivity contribution < 1.29 is 0 Å². The van der Waals surface area contributed by atoms with Gasteiger partial charge in [-0.1, -0.05) is 6.92 Å². The first kappa shape index (κ1) is 12.5. The molecule has 0 fully saturated rings. The topological polar surface area (TPSA) is 15.3 Å². The van der Waals surface area contributed by atoms with Crippen molar-refractivity contribution in [3.05, 3.63) is 0 Å². The standard InChI is InChI=1S/C11H22N2/c1-5-7-8-11(12-6-2)9-10-13(3)4/h1,11-12H,6-10H2,2-4H3. The van der Waals surface area contributed by atoms with Gasteiger partial charge in [-0.25, -0.2) is 0 Å². The lowest BCUT2D eigenvalue weighted by molar-refractivity contribution is 0.353. The molecule has 0 amide bonds. The van der Waals surface area contributed by atoms with E-state index in [-0.39, 0.29) is 0 Å². The molecule has 1 atom stereocenters. The van der Waals surface area contributed by atoms with E-state index in [1.807, 2.05) is 0 Å². The number of hydrogen-bond acceptors (Lipinski definition) is 2. The van der Waals surface area contributed by atoms with Gasteiger partial charge in [0.2, 0.25) is 0 Å². The Morgan fingerprint density at radius 1 is 1.38 bits per heavy atom. The maximum atomic E-state index is 5.24. The molecule has 1 N–H and O–H groups in total. The van der Waals surface area contributed by atoms with Crippen molar-refractivity contribution in [1.29, 1.82) is 0 Å². The molecule has 0 bridgehead atoms. The van der Waals surface area contributed by atoms with E-state index in [0.717, 1.165) is 25.9 Å². The first-order valence-corrected chi connectivity index (χ1v) is 5.02. The summed E-state index contributed by atoms with van der Waals surface area (Å²) in [6, 6.07) is 0.587. The third-order valence-electron chi connectivity index (χ3n) is 2.05. The molecule has 0 saturated carbocycles. The lowest BCUT2D eigenvalue weighted by Crippen LogP contribution is -2.32. The fourth-order valence-electron chi connectivity index (χ4n) is 1.31. The Hall–Kier alpha value is -0.520. The number of rotatable bonds is 7. The molecule has 2 heteroatoms. The molecular formula is C11H22N2. The monoisotopic (exact) mass is 182 g/mol. The molecule has 0 aromatic carbocycles. The summed E-state index contributed by atoms with van der Waals surface area (Å²) >= 11 is 0. The normalized spacial score (nSPS) is 12.8. The summed E-state index contributed by atoms with van der Waals surface area (Å²) in [4.78, 5) is 2.21. The Balaban J connectivity index is 3.61. The second-order valence-electron chi connectivity index (χ2n) is 3.59. The van der Waals surface area contributed by atoms with Crippen molar-refractivity contribution in [2.24, 2.45) is 0 Å². The molecule has 0 aliphatic heterocycles. The van der Waals surface area contributed by atoms with Gasteiger partial charge in [0.05, 0.1) is 0 Å². The van der Waals surface area contributed by atoms with Crippen molar-refractivity contribution in [2.75, 3.05) is 27.2 Å². The van der Waals surface area contributed by atoms with Crippen LogP contribution in [0.25, 0.3) is 0 Å². The van der Waals surface area contributed by atoms with Crippen LogP contribution in [0.5, 0.6) is 0 Å². The minimum absolute atomic E-state index is 0.587. The highest BCUT2D eigenvalue weighted by molar-refractivity contribution is 4.85. The van der Waals surface area contributed by atoms with Crippen molar-refractivity contribution >= 4 is 0 Å². The number of hydrogen-bond donors (Lipinski definition) is 1. The Morgan fingerprint density at radius 2 is 2.08 bits per heavy atom. The highest BCUT2D eigenvalue weighted by Crippen LogP contribution is 2.01. The van der Waals surface area contributed by atoms with Crippen molar-refractivity contribution in [3.8, 4) is 12.3 Å². The van der Waals surface area contributed by atoms with Gasteiger partial charge < -0.3 is 10.2 Å². The van der Waals surface area contributed by atoms with Crippen molar-refractivity contribution in [2.45, 2.75) is 32.2 Å².